The van der Waals surface area contributed by atoms with Crippen LogP contribution in [0.5, 0.6) is 11.5 Å². The van der Waals surface area contributed by atoms with E-state index in [1.165, 1.54) is 0 Å². The fourth-order valence-corrected chi connectivity index (χ4v) is 1.57. The Morgan fingerprint density at radius 3 is 2.74 bits per heavy atom. The Kier molecular flexibility index (Phi) is 6.39. The molecule has 1 aromatic carbocycles. The van der Waals surface area contributed by atoms with E-state index in [0.29, 0.717) is 31.2 Å². The summed E-state index contributed by atoms with van der Waals surface area (Å²) in [5, 5.41) is 12.4. The summed E-state index contributed by atoms with van der Waals surface area (Å²) in [6, 6.07) is 5.80. The molecule has 1 atom stereocenters. The van der Waals surface area contributed by atoms with Gasteiger partial charge >= 0.3 is 0 Å². The largest absolute Gasteiger partial charge is 0.493 e. The highest BCUT2D eigenvalue weighted by molar-refractivity contribution is 5.43. The number of ether oxygens (including phenoxy) is 2. The molecule has 0 fully saturated rings. The van der Waals surface area contributed by atoms with Gasteiger partial charge in [-0.25, -0.2) is 0 Å². The Morgan fingerprint density at radius 2 is 2.16 bits per heavy atom. The molecule has 0 amide bonds. The van der Waals surface area contributed by atoms with E-state index in [-0.39, 0.29) is 6.10 Å². The molecule has 106 valence electrons. The highest BCUT2D eigenvalue weighted by Gasteiger charge is 2.06. The zero-order chi connectivity index (χ0) is 14.3. The van der Waals surface area contributed by atoms with Crippen molar-refractivity contribution in [2.24, 2.45) is 0 Å². The van der Waals surface area contributed by atoms with Crippen molar-refractivity contribution in [3.05, 3.63) is 35.9 Å². The molecule has 1 rings (SSSR count). The summed E-state index contributed by atoms with van der Waals surface area (Å²) in [4.78, 5) is 0. The Hall–Kier alpha value is -1.52. The summed E-state index contributed by atoms with van der Waals surface area (Å²) >= 11 is 0. The monoisotopic (exact) mass is 265 g/mol. The van der Waals surface area contributed by atoms with E-state index in [2.05, 4.69) is 11.9 Å². The SMILES string of the molecule is C=C(C)COc1cc(CNCC(C)O)ccc1OC. The maximum absolute atomic E-state index is 9.20. The van der Waals surface area contributed by atoms with Crippen LogP contribution in [0, 0.1) is 0 Å². The summed E-state index contributed by atoms with van der Waals surface area (Å²) in [6.45, 7) is 9.20. The lowest BCUT2D eigenvalue weighted by Gasteiger charge is -2.13. The molecule has 0 saturated heterocycles. The number of aliphatic hydroxyl groups excluding tert-OH is 1. The van der Waals surface area contributed by atoms with Crippen molar-refractivity contribution in [1.82, 2.24) is 5.32 Å². The number of benzene rings is 1. The van der Waals surface area contributed by atoms with Gasteiger partial charge < -0.3 is 19.9 Å². The zero-order valence-electron chi connectivity index (χ0n) is 11.9. The Morgan fingerprint density at radius 1 is 1.42 bits per heavy atom. The summed E-state index contributed by atoms with van der Waals surface area (Å²) in [5.74, 6) is 1.42. The molecular formula is C15H23NO3. The quantitative estimate of drug-likeness (QED) is 0.707. The number of nitrogens with one attached hydrogen (secondary N) is 1. The molecule has 0 aromatic heterocycles. The third-order valence-corrected chi connectivity index (χ3v) is 2.47. The van der Waals surface area contributed by atoms with Crippen LogP contribution in [0.1, 0.15) is 19.4 Å². The van der Waals surface area contributed by atoms with Crippen LogP contribution in [0.2, 0.25) is 0 Å². The van der Waals surface area contributed by atoms with E-state index in [1.807, 2.05) is 25.1 Å². The smallest absolute Gasteiger partial charge is 0.161 e. The minimum Gasteiger partial charge on any atom is -0.493 e. The fraction of sp³-hybridized carbons (Fsp3) is 0.467. The van der Waals surface area contributed by atoms with Crippen LogP contribution < -0.4 is 14.8 Å². The van der Waals surface area contributed by atoms with Crippen molar-refractivity contribution in [1.29, 1.82) is 0 Å². The molecule has 0 aliphatic rings. The Bertz CT molecular complexity index is 416. The summed E-state index contributed by atoms with van der Waals surface area (Å²) < 4.78 is 10.9. The van der Waals surface area contributed by atoms with Crippen molar-refractivity contribution >= 4 is 0 Å². The van der Waals surface area contributed by atoms with Crippen LogP contribution in [0.3, 0.4) is 0 Å². The lowest BCUT2D eigenvalue weighted by atomic mass is 10.2. The van der Waals surface area contributed by atoms with Crippen molar-refractivity contribution in [3.63, 3.8) is 0 Å². The van der Waals surface area contributed by atoms with Gasteiger partial charge in [0.1, 0.15) is 6.61 Å². The van der Waals surface area contributed by atoms with Gasteiger partial charge in [0, 0.05) is 13.1 Å². The highest BCUT2D eigenvalue weighted by Crippen LogP contribution is 2.28. The molecule has 0 spiro atoms. The number of aliphatic hydroxyl groups is 1. The van der Waals surface area contributed by atoms with E-state index in [9.17, 15) is 5.11 Å². The standard InChI is InChI=1S/C15H23NO3/c1-11(2)10-19-15-7-13(5-6-14(15)18-4)9-16-8-12(3)17/h5-7,12,16-17H,1,8-10H2,2-4H3. The van der Waals surface area contributed by atoms with Crippen molar-refractivity contribution < 1.29 is 14.6 Å². The third kappa shape index (κ3) is 5.77. The third-order valence-electron chi connectivity index (χ3n) is 2.47. The van der Waals surface area contributed by atoms with Crippen LogP contribution in [0.4, 0.5) is 0 Å². The number of methoxy groups -OCH3 is 1. The highest BCUT2D eigenvalue weighted by atomic mass is 16.5. The van der Waals surface area contributed by atoms with Crippen LogP contribution in [0.15, 0.2) is 30.4 Å². The average molecular weight is 265 g/mol. The van der Waals surface area contributed by atoms with Crippen molar-refractivity contribution in [3.8, 4) is 11.5 Å². The predicted molar refractivity (Wildman–Crippen MR) is 76.7 cm³/mol. The normalized spacial score (nSPS) is 12.0. The molecule has 19 heavy (non-hydrogen) atoms. The second kappa shape index (κ2) is 7.81. The average Bonchev–Trinajstić information content (AvgIpc) is 2.36. The molecular weight excluding hydrogens is 242 g/mol. The van der Waals surface area contributed by atoms with Gasteiger partial charge in [-0.2, -0.15) is 0 Å². The lowest BCUT2D eigenvalue weighted by Crippen LogP contribution is -2.23. The van der Waals surface area contributed by atoms with Crippen LogP contribution in [-0.4, -0.2) is 31.5 Å². The van der Waals surface area contributed by atoms with Gasteiger partial charge in [-0.3, -0.25) is 0 Å². The summed E-state index contributed by atoms with van der Waals surface area (Å²) in [5.41, 5.74) is 2.04. The zero-order valence-corrected chi connectivity index (χ0v) is 11.9. The van der Waals surface area contributed by atoms with Gasteiger partial charge in [-0.1, -0.05) is 12.6 Å². The second-order valence-electron chi connectivity index (χ2n) is 4.71. The van der Waals surface area contributed by atoms with E-state index < -0.39 is 0 Å². The van der Waals surface area contributed by atoms with Gasteiger partial charge in [0.2, 0.25) is 0 Å². The van der Waals surface area contributed by atoms with Crippen molar-refractivity contribution in [2.45, 2.75) is 26.5 Å². The van der Waals surface area contributed by atoms with E-state index in [0.717, 1.165) is 11.1 Å². The minimum atomic E-state index is -0.350. The van der Waals surface area contributed by atoms with Gasteiger partial charge in [-0.05, 0) is 37.1 Å². The molecule has 1 unspecified atom stereocenters. The number of hydrogen-bond donors (Lipinski definition) is 2. The first-order valence-corrected chi connectivity index (χ1v) is 6.35. The first kappa shape index (κ1) is 15.5. The fourth-order valence-electron chi connectivity index (χ4n) is 1.57. The molecule has 0 aliphatic carbocycles. The number of rotatable bonds is 8. The van der Waals surface area contributed by atoms with Gasteiger partial charge in [0.05, 0.1) is 13.2 Å². The van der Waals surface area contributed by atoms with E-state index in [1.54, 1.807) is 14.0 Å². The predicted octanol–water partition coefficient (Wildman–Crippen LogP) is 2.12. The number of hydrogen-bond acceptors (Lipinski definition) is 4. The first-order chi connectivity index (χ1) is 9.02. The van der Waals surface area contributed by atoms with Gasteiger partial charge in [0.15, 0.2) is 11.5 Å². The molecule has 0 aliphatic heterocycles. The molecule has 4 heteroatoms. The summed E-state index contributed by atoms with van der Waals surface area (Å²) in [7, 11) is 1.62. The molecule has 0 bridgehead atoms. The maximum Gasteiger partial charge on any atom is 0.161 e. The molecule has 0 heterocycles. The Balaban J connectivity index is 2.68. The minimum absolute atomic E-state index is 0.350. The van der Waals surface area contributed by atoms with E-state index >= 15 is 0 Å². The molecule has 2 N–H and O–H groups in total. The molecule has 4 nitrogen and oxygen atoms in total. The van der Waals surface area contributed by atoms with Gasteiger partial charge in [-0.15, -0.1) is 0 Å². The summed E-state index contributed by atoms with van der Waals surface area (Å²) in [6.07, 6.45) is -0.350. The van der Waals surface area contributed by atoms with Crippen LogP contribution in [-0.2, 0) is 6.54 Å². The first-order valence-electron chi connectivity index (χ1n) is 6.35. The topological polar surface area (TPSA) is 50.7 Å². The molecule has 0 saturated carbocycles. The molecule has 0 radical (unpaired) electrons. The van der Waals surface area contributed by atoms with Gasteiger partial charge in [0.25, 0.3) is 0 Å². The van der Waals surface area contributed by atoms with Crippen molar-refractivity contribution in [2.75, 3.05) is 20.3 Å². The maximum atomic E-state index is 9.20. The van der Waals surface area contributed by atoms with Crippen LogP contribution >= 0.6 is 0 Å². The molecule has 1 aromatic rings. The van der Waals surface area contributed by atoms with E-state index in [4.69, 9.17) is 9.47 Å². The van der Waals surface area contributed by atoms with Crippen LogP contribution in [0.25, 0.3) is 0 Å². The second-order valence-corrected chi connectivity index (χ2v) is 4.71. The lowest BCUT2D eigenvalue weighted by molar-refractivity contribution is 0.191. The Labute approximate surface area is 115 Å².